The largest absolute Gasteiger partial charge is 0.377 e. The van der Waals surface area contributed by atoms with Gasteiger partial charge in [0.05, 0.1) is 19.3 Å². The first-order chi connectivity index (χ1) is 7.77. The molecule has 1 unspecified atom stereocenters. The Balaban J connectivity index is 1.73. The van der Waals surface area contributed by atoms with E-state index in [1.807, 2.05) is 4.90 Å². The summed E-state index contributed by atoms with van der Waals surface area (Å²) in [4.78, 5) is 14.0. The van der Waals surface area contributed by atoms with Gasteiger partial charge in [0.2, 0.25) is 5.91 Å². The van der Waals surface area contributed by atoms with Crippen LogP contribution in [-0.4, -0.2) is 49.7 Å². The Bertz CT molecular complexity index is 239. The van der Waals surface area contributed by atoms with Gasteiger partial charge in [0.25, 0.3) is 0 Å². The number of morpholine rings is 1. The zero-order chi connectivity index (χ0) is 11.4. The molecule has 0 aliphatic carbocycles. The lowest BCUT2D eigenvalue weighted by Gasteiger charge is -2.33. The summed E-state index contributed by atoms with van der Waals surface area (Å²) in [5.74, 6) is 1.02. The predicted octanol–water partition coefficient (Wildman–Crippen LogP) is 0.623. The maximum absolute atomic E-state index is 12.0. The lowest BCUT2D eigenvalue weighted by atomic mass is 10.0. The molecule has 2 aliphatic heterocycles. The quantitative estimate of drug-likeness (QED) is 0.767. The average Bonchev–Trinajstić information content (AvgIpc) is 2.79. The van der Waals surface area contributed by atoms with Crippen molar-refractivity contribution in [3.05, 3.63) is 0 Å². The molecule has 0 bridgehead atoms. The van der Waals surface area contributed by atoms with Crippen LogP contribution in [0.5, 0.6) is 0 Å². The van der Waals surface area contributed by atoms with Gasteiger partial charge in [-0.1, -0.05) is 0 Å². The summed E-state index contributed by atoms with van der Waals surface area (Å²) in [5.41, 5.74) is 0. The Hall–Kier alpha value is -0.610. The fourth-order valence-corrected chi connectivity index (χ4v) is 2.53. The van der Waals surface area contributed by atoms with Crippen LogP contribution in [0.25, 0.3) is 0 Å². The zero-order valence-corrected chi connectivity index (χ0v) is 10.1. The standard InChI is InChI=1S/C12H22N2O2/c1-10-9-16-7-6-14(10)12(15)3-2-11-4-5-13-8-11/h10-11,13H,2-9H2,1H3/t10-,11?/m1/s1. The highest BCUT2D eigenvalue weighted by Gasteiger charge is 2.24. The van der Waals surface area contributed by atoms with Crippen LogP contribution < -0.4 is 5.32 Å². The molecule has 0 radical (unpaired) electrons. The van der Waals surface area contributed by atoms with E-state index in [0.717, 1.165) is 26.1 Å². The summed E-state index contributed by atoms with van der Waals surface area (Å²) in [5, 5.41) is 3.34. The van der Waals surface area contributed by atoms with Gasteiger partial charge in [-0.3, -0.25) is 4.79 Å². The second kappa shape index (κ2) is 5.64. The molecule has 0 aromatic carbocycles. The van der Waals surface area contributed by atoms with Crippen LogP contribution in [-0.2, 0) is 9.53 Å². The van der Waals surface area contributed by atoms with Gasteiger partial charge in [-0.2, -0.15) is 0 Å². The van der Waals surface area contributed by atoms with Crippen molar-refractivity contribution in [3.63, 3.8) is 0 Å². The molecule has 2 aliphatic rings. The Morgan fingerprint density at radius 3 is 3.12 bits per heavy atom. The molecule has 0 spiro atoms. The number of nitrogens with one attached hydrogen (secondary N) is 1. The normalized spacial score (nSPS) is 30.7. The number of hydrogen-bond acceptors (Lipinski definition) is 3. The fraction of sp³-hybridized carbons (Fsp3) is 0.917. The van der Waals surface area contributed by atoms with E-state index in [0.29, 0.717) is 31.5 Å². The van der Waals surface area contributed by atoms with E-state index in [1.165, 1.54) is 6.42 Å². The monoisotopic (exact) mass is 226 g/mol. The smallest absolute Gasteiger partial charge is 0.222 e. The van der Waals surface area contributed by atoms with Gasteiger partial charge in [-0.25, -0.2) is 0 Å². The van der Waals surface area contributed by atoms with E-state index in [2.05, 4.69) is 12.2 Å². The van der Waals surface area contributed by atoms with Gasteiger partial charge in [0.15, 0.2) is 0 Å². The van der Waals surface area contributed by atoms with Crippen molar-refractivity contribution in [1.29, 1.82) is 0 Å². The molecular weight excluding hydrogens is 204 g/mol. The van der Waals surface area contributed by atoms with Gasteiger partial charge >= 0.3 is 0 Å². The molecule has 0 saturated carbocycles. The van der Waals surface area contributed by atoms with Crippen molar-refractivity contribution in [2.45, 2.75) is 32.2 Å². The van der Waals surface area contributed by atoms with Crippen molar-refractivity contribution < 1.29 is 9.53 Å². The average molecular weight is 226 g/mol. The Morgan fingerprint density at radius 1 is 1.56 bits per heavy atom. The van der Waals surface area contributed by atoms with Crippen molar-refractivity contribution in [1.82, 2.24) is 10.2 Å². The first-order valence-corrected chi connectivity index (χ1v) is 6.35. The summed E-state index contributed by atoms with van der Waals surface area (Å²) in [6.45, 7) is 6.42. The van der Waals surface area contributed by atoms with E-state index in [1.54, 1.807) is 0 Å². The number of hydrogen-bond donors (Lipinski definition) is 1. The zero-order valence-electron chi connectivity index (χ0n) is 10.1. The molecule has 2 rings (SSSR count). The molecule has 2 heterocycles. The highest BCUT2D eigenvalue weighted by Crippen LogP contribution is 2.16. The van der Waals surface area contributed by atoms with Gasteiger partial charge in [0.1, 0.15) is 0 Å². The summed E-state index contributed by atoms with van der Waals surface area (Å²) < 4.78 is 5.34. The summed E-state index contributed by atoms with van der Waals surface area (Å²) >= 11 is 0. The minimum Gasteiger partial charge on any atom is -0.377 e. The molecule has 0 aromatic heterocycles. The predicted molar refractivity (Wildman–Crippen MR) is 62.2 cm³/mol. The van der Waals surface area contributed by atoms with Crippen LogP contribution in [0.3, 0.4) is 0 Å². The molecule has 1 N–H and O–H groups in total. The van der Waals surface area contributed by atoms with Gasteiger partial charge < -0.3 is 15.0 Å². The van der Waals surface area contributed by atoms with Gasteiger partial charge in [-0.15, -0.1) is 0 Å². The lowest BCUT2D eigenvalue weighted by Crippen LogP contribution is -2.47. The molecular formula is C12H22N2O2. The second-order valence-electron chi connectivity index (χ2n) is 4.91. The number of nitrogens with zero attached hydrogens (tertiary/aromatic N) is 1. The maximum Gasteiger partial charge on any atom is 0.222 e. The van der Waals surface area contributed by atoms with E-state index >= 15 is 0 Å². The highest BCUT2D eigenvalue weighted by atomic mass is 16.5. The van der Waals surface area contributed by atoms with Crippen LogP contribution in [0.2, 0.25) is 0 Å². The number of carbonyl (C=O) groups is 1. The third kappa shape index (κ3) is 2.95. The summed E-state index contributed by atoms with van der Waals surface area (Å²) in [7, 11) is 0. The SMILES string of the molecule is C[C@@H]1COCCN1C(=O)CCC1CCNC1. The molecule has 2 fully saturated rings. The first kappa shape index (κ1) is 11.9. The number of ether oxygens (including phenoxy) is 1. The Labute approximate surface area is 97.3 Å². The van der Waals surface area contributed by atoms with Crippen LogP contribution >= 0.6 is 0 Å². The first-order valence-electron chi connectivity index (χ1n) is 6.35. The van der Waals surface area contributed by atoms with Crippen molar-refractivity contribution in [3.8, 4) is 0 Å². The number of carbonyl (C=O) groups excluding carboxylic acids is 1. The number of rotatable bonds is 3. The fourth-order valence-electron chi connectivity index (χ4n) is 2.53. The molecule has 92 valence electrons. The van der Waals surface area contributed by atoms with E-state index in [9.17, 15) is 4.79 Å². The third-order valence-corrected chi connectivity index (χ3v) is 3.62. The molecule has 4 nitrogen and oxygen atoms in total. The number of amides is 1. The van der Waals surface area contributed by atoms with Crippen molar-refractivity contribution in [2.75, 3.05) is 32.8 Å². The van der Waals surface area contributed by atoms with Crippen molar-refractivity contribution >= 4 is 5.91 Å². The van der Waals surface area contributed by atoms with Crippen LogP contribution in [0.15, 0.2) is 0 Å². The van der Waals surface area contributed by atoms with E-state index < -0.39 is 0 Å². The minimum absolute atomic E-state index is 0.253. The lowest BCUT2D eigenvalue weighted by molar-refractivity contribution is -0.139. The molecule has 16 heavy (non-hydrogen) atoms. The van der Waals surface area contributed by atoms with Crippen LogP contribution in [0.4, 0.5) is 0 Å². The van der Waals surface area contributed by atoms with E-state index in [4.69, 9.17) is 4.74 Å². The van der Waals surface area contributed by atoms with Crippen LogP contribution in [0, 0.1) is 5.92 Å². The topological polar surface area (TPSA) is 41.6 Å². The van der Waals surface area contributed by atoms with Gasteiger partial charge in [-0.05, 0) is 38.8 Å². The van der Waals surface area contributed by atoms with Crippen LogP contribution in [0.1, 0.15) is 26.2 Å². The van der Waals surface area contributed by atoms with Gasteiger partial charge in [0, 0.05) is 13.0 Å². The molecule has 2 atom stereocenters. The highest BCUT2D eigenvalue weighted by molar-refractivity contribution is 5.76. The molecule has 0 aromatic rings. The van der Waals surface area contributed by atoms with E-state index in [-0.39, 0.29) is 6.04 Å². The van der Waals surface area contributed by atoms with Crippen molar-refractivity contribution in [2.24, 2.45) is 5.92 Å². The molecule has 1 amide bonds. The maximum atomic E-state index is 12.0. The second-order valence-corrected chi connectivity index (χ2v) is 4.91. The summed E-state index contributed by atoms with van der Waals surface area (Å²) in [6, 6.07) is 0.253. The molecule has 4 heteroatoms. The third-order valence-electron chi connectivity index (χ3n) is 3.62. The molecule has 2 saturated heterocycles. The minimum atomic E-state index is 0.253. The Kier molecular flexibility index (Phi) is 4.18. The Morgan fingerprint density at radius 2 is 2.44 bits per heavy atom. The summed E-state index contributed by atoms with van der Waals surface area (Å²) in [6.07, 6.45) is 2.97.